The predicted octanol–water partition coefficient (Wildman–Crippen LogP) is 2.26. The van der Waals surface area contributed by atoms with E-state index in [1.807, 2.05) is 6.07 Å². The lowest BCUT2D eigenvalue weighted by molar-refractivity contribution is -0.0529. The normalized spacial score (nSPS) is 20.2. The molecule has 21 heavy (non-hydrogen) atoms. The molecule has 0 aliphatic carbocycles. The molecule has 1 atom stereocenters. The van der Waals surface area contributed by atoms with Gasteiger partial charge in [0, 0.05) is 18.9 Å². The van der Waals surface area contributed by atoms with Crippen LogP contribution in [0.25, 0.3) is 0 Å². The maximum atomic E-state index is 5.77. The van der Waals surface area contributed by atoms with E-state index in [4.69, 9.17) is 18.9 Å². The van der Waals surface area contributed by atoms with Crippen LogP contribution < -0.4 is 14.8 Å². The average molecular weight is 293 g/mol. The lowest BCUT2D eigenvalue weighted by Gasteiger charge is -2.22. The molecule has 2 heterocycles. The summed E-state index contributed by atoms with van der Waals surface area (Å²) in [5, 5.41) is 3.49. The highest BCUT2D eigenvalue weighted by Crippen LogP contribution is 2.33. The van der Waals surface area contributed by atoms with E-state index in [0.29, 0.717) is 26.4 Å². The van der Waals surface area contributed by atoms with Gasteiger partial charge in [-0.25, -0.2) is 0 Å². The van der Waals surface area contributed by atoms with Crippen molar-refractivity contribution in [1.29, 1.82) is 0 Å². The molecule has 0 amide bonds. The second-order valence-corrected chi connectivity index (χ2v) is 5.27. The Bertz CT molecular complexity index is 460. The predicted molar refractivity (Wildman–Crippen MR) is 78.8 cm³/mol. The highest BCUT2D eigenvalue weighted by atomic mass is 16.7. The van der Waals surface area contributed by atoms with Crippen LogP contribution in [0.2, 0.25) is 0 Å². The van der Waals surface area contributed by atoms with Gasteiger partial charge in [0.1, 0.15) is 0 Å². The first-order valence-corrected chi connectivity index (χ1v) is 7.73. The largest absolute Gasteiger partial charge is 0.490 e. The maximum Gasteiger partial charge on any atom is 0.161 e. The molecule has 1 N–H and O–H groups in total. The second kappa shape index (κ2) is 7.11. The molecule has 2 aliphatic rings. The van der Waals surface area contributed by atoms with Crippen LogP contribution in [0, 0.1) is 0 Å². The summed E-state index contributed by atoms with van der Waals surface area (Å²) in [5.41, 5.74) is 1.18. The number of fused-ring (bicyclic) bond motifs is 1. The van der Waals surface area contributed by atoms with Crippen LogP contribution in [-0.2, 0) is 9.47 Å². The van der Waals surface area contributed by atoms with E-state index < -0.39 is 0 Å². The van der Waals surface area contributed by atoms with Crippen molar-refractivity contribution in [2.75, 3.05) is 33.0 Å². The third-order valence-corrected chi connectivity index (χ3v) is 3.74. The summed E-state index contributed by atoms with van der Waals surface area (Å²) in [7, 11) is 0. The Balaban J connectivity index is 1.76. The topological polar surface area (TPSA) is 49.0 Å². The minimum atomic E-state index is -0.120. The van der Waals surface area contributed by atoms with Gasteiger partial charge in [-0.3, -0.25) is 0 Å². The fourth-order valence-corrected chi connectivity index (χ4v) is 2.72. The molecule has 1 fully saturated rings. The highest BCUT2D eigenvalue weighted by molar-refractivity contribution is 5.44. The first kappa shape index (κ1) is 14.6. The summed E-state index contributed by atoms with van der Waals surface area (Å²) in [5.74, 6) is 1.67. The minimum absolute atomic E-state index is 0.120. The number of rotatable bonds is 5. The first-order chi connectivity index (χ1) is 10.4. The maximum absolute atomic E-state index is 5.77. The van der Waals surface area contributed by atoms with Crippen molar-refractivity contribution in [1.82, 2.24) is 5.32 Å². The van der Waals surface area contributed by atoms with Crippen molar-refractivity contribution in [3.05, 3.63) is 23.8 Å². The summed E-state index contributed by atoms with van der Waals surface area (Å²) in [6, 6.07) is 6.35. The Morgan fingerprint density at radius 1 is 1.10 bits per heavy atom. The Labute approximate surface area is 125 Å². The molecule has 1 saturated heterocycles. The Kier molecular flexibility index (Phi) is 4.95. The van der Waals surface area contributed by atoms with Crippen LogP contribution in [0.3, 0.4) is 0 Å². The summed E-state index contributed by atoms with van der Waals surface area (Å²) in [4.78, 5) is 0. The van der Waals surface area contributed by atoms with Gasteiger partial charge in [-0.15, -0.1) is 0 Å². The van der Waals surface area contributed by atoms with Gasteiger partial charge in [-0.2, -0.15) is 0 Å². The average Bonchev–Trinajstić information content (AvgIpc) is 2.90. The molecule has 116 valence electrons. The number of nitrogens with one attached hydrogen (secondary N) is 1. The number of ether oxygens (including phenoxy) is 4. The van der Waals surface area contributed by atoms with Crippen LogP contribution in [0.4, 0.5) is 0 Å². The minimum Gasteiger partial charge on any atom is -0.490 e. The zero-order valence-electron chi connectivity index (χ0n) is 12.5. The molecule has 1 aromatic carbocycles. The van der Waals surface area contributed by atoms with Crippen molar-refractivity contribution in [3.63, 3.8) is 0 Å². The molecule has 1 unspecified atom stereocenters. The van der Waals surface area contributed by atoms with Gasteiger partial charge in [0.05, 0.1) is 26.4 Å². The molecule has 0 saturated carbocycles. The lowest BCUT2D eigenvalue weighted by Crippen LogP contribution is -2.26. The fourth-order valence-electron chi connectivity index (χ4n) is 2.72. The zero-order valence-corrected chi connectivity index (χ0v) is 12.5. The van der Waals surface area contributed by atoms with Gasteiger partial charge in [-0.05, 0) is 24.2 Å². The SMILES string of the molecule is CCNC(CC1OCCO1)c1ccc2c(c1)OCCCO2. The molecule has 0 bridgehead atoms. The third-order valence-electron chi connectivity index (χ3n) is 3.74. The molecular formula is C16H23NO4. The molecule has 5 nitrogen and oxygen atoms in total. The summed E-state index contributed by atoms with van der Waals surface area (Å²) in [6.45, 7) is 5.79. The van der Waals surface area contributed by atoms with E-state index in [9.17, 15) is 0 Å². The Morgan fingerprint density at radius 2 is 1.86 bits per heavy atom. The smallest absolute Gasteiger partial charge is 0.161 e. The van der Waals surface area contributed by atoms with Gasteiger partial charge < -0.3 is 24.3 Å². The molecule has 0 radical (unpaired) electrons. The van der Waals surface area contributed by atoms with Gasteiger partial charge in [0.25, 0.3) is 0 Å². The number of hydrogen-bond donors (Lipinski definition) is 1. The highest BCUT2D eigenvalue weighted by Gasteiger charge is 2.23. The van der Waals surface area contributed by atoms with Crippen LogP contribution in [-0.4, -0.2) is 39.3 Å². The van der Waals surface area contributed by atoms with Gasteiger partial charge in [0.2, 0.25) is 0 Å². The van der Waals surface area contributed by atoms with E-state index in [0.717, 1.165) is 30.9 Å². The second-order valence-electron chi connectivity index (χ2n) is 5.27. The van der Waals surface area contributed by atoms with E-state index in [-0.39, 0.29) is 12.3 Å². The Morgan fingerprint density at radius 3 is 2.62 bits per heavy atom. The van der Waals surface area contributed by atoms with Crippen molar-refractivity contribution >= 4 is 0 Å². The standard InChI is InChI=1S/C16H23NO4/c1-2-17-13(11-16-20-8-9-21-16)12-4-5-14-15(10-12)19-7-3-6-18-14/h4-5,10,13,16-17H,2-3,6-9,11H2,1H3. The van der Waals surface area contributed by atoms with E-state index in [1.165, 1.54) is 5.56 Å². The zero-order chi connectivity index (χ0) is 14.5. The number of benzene rings is 1. The lowest BCUT2D eigenvalue weighted by atomic mass is 10.0. The van der Waals surface area contributed by atoms with Crippen molar-refractivity contribution in [2.24, 2.45) is 0 Å². The van der Waals surface area contributed by atoms with Gasteiger partial charge in [-0.1, -0.05) is 13.0 Å². The van der Waals surface area contributed by atoms with E-state index in [2.05, 4.69) is 24.4 Å². The third kappa shape index (κ3) is 3.67. The molecule has 5 heteroatoms. The van der Waals surface area contributed by atoms with Crippen molar-refractivity contribution in [2.45, 2.75) is 32.1 Å². The molecule has 2 aliphatic heterocycles. The van der Waals surface area contributed by atoms with Crippen LogP contribution in [0.1, 0.15) is 31.4 Å². The molecule has 1 aromatic rings. The number of hydrogen-bond acceptors (Lipinski definition) is 5. The quantitative estimate of drug-likeness (QED) is 0.902. The van der Waals surface area contributed by atoms with Crippen molar-refractivity contribution in [3.8, 4) is 11.5 Å². The van der Waals surface area contributed by atoms with E-state index >= 15 is 0 Å². The first-order valence-electron chi connectivity index (χ1n) is 7.73. The monoisotopic (exact) mass is 293 g/mol. The van der Waals surface area contributed by atoms with Crippen molar-refractivity contribution < 1.29 is 18.9 Å². The van der Waals surface area contributed by atoms with Crippen LogP contribution >= 0.6 is 0 Å². The fraction of sp³-hybridized carbons (Fsp3) is 0.625. The summed E-state index contributed by atoms with van der Waals surface area (Å²) in [6.07, 6.45) is 1.60. The Hall–Kier alpha value is -1.30. The van der Waals surface area contributed by atoms with Crippen LogP contribution in [0.5, 0.6) is 11.5 Å². The van der Waals surface area contributed by atoms with E-state index in [1.54, 1.807) is 0 Å². The van der Waals surface area contributed by atoms with Crippen LogP contribution in [0.15, 0.2) is 18.2 Å². The van der Waals surface area contributed by atoms with Gasteiger partial charge >= 0.3 is 0 Å². The van der Waals surface area contributed by atoms with Gasteiger partial charge in [0.15, 0.2) is 17.8 Å². The molecule has 0 aromatic heterocycles. The molecule has 0 spiro atoms. The molecule has 3 rings (SSSR count). The molecular weight excluding hydrogens is 270 g/mol. The summed E-state index contributed by atoms with van der Waals surface area (Å²) < 4.78 is 22.6. The summed E-state index contributed by atoms with van der Waals surface area (Å²) >= 11 is 0.